The van der Waals surface area contributed by atoms with Crippen LogP contribution >= 0.6 is 0 Å². The quantitative estimate of drug-likeness (QED) is 0.599. The van der Waals surface area contributed by atoms with E-state index in [0.29, 0.717) is 12.0 Å². The predicted octanol–water partition coefficient (Wildman–Crippen LogP) is 2.18. The van der Waals surface area contributed by atoms with Crippen molar-refractivity contribution in [2.75, 3.05) is 13.7 Å². The Morgan fingerprint density at radius 1 is 1.33 bits per heavy atom. The van der Waals surface area contributed by atoms with Gasteiger partial charge in [-0.1, -0.05) is 19.8 Å². The van der Waals surface area contributed by atoms with E-state index in [2.05, 4.69) is 13.8 Å². The first-order chi connectivity index (χ1) is 5.72. The molecule has 0 aliphatic rings. The summed E-state index contributed by atoms with van der Waals surface area (Å²) < 4.78 is 4.99. The van der Waals surface area contributed by atoms with Gasteiger partial charge in [0.2, 0.25) is 0 Å². The lowest BCUT2D eigenvalue weighted by Gasteiger charge is -2.18. The van der Waals surface area contributed by atoms with E-state index in [-0.39, 0.29) is 0 Å². The fourth-order valence-corrected chi connectivity index (χ4v) is 1.49. The molecule has 2 atom stereocenters. The number of nitrogens with two attached hydrogens (primary N) is 1. The Morgan fingerprint density at radius 3 is 2.42 bits per heavy atom. The number of unbranched alkanes of at least 4 members (excludes halogenated alkanes) is 1. The van der Waals surface area contributed by atoms with Gasteiger partial charge in [-0.3, -0.25) is 0 Å². The number of rotatable bonds is 7. The second kappa shape index (κ2) is 7.56. The van der Waals surface area contributed by atoms with Gasteiger partial charge in [0.25, 0.3) is 0 Å². The van der Waals surface area contributed by atoms with Crippen molar-refractivity contribution in [2.45, 2.75) is 45.6 Å². The molecule has 0 spiro atoms. The molecule has 2 nitrogen and oxygen atoms in total. The van der Waals surface area contributed by atoms with Gasteiger partial charge in [-0.2, -0.15) is 0 Å². The SMILES string of the molecule is CCC(CCCCOC)C(C)N. The Kier molecular flexibility index (Phi) is 7.51. The molecule has 0 aromatic carbocycles. The Morgan fingerprint density at radius 2 is 2.00 bits per heavy atom. The van der Waals surface area contributed by atoms with Crippen molar-refractivity contribution in [1.29, 1.82) is 0 Å². The molecule has 12 heavy (non-hydrogen) atoms. The minimum absolute atomic E-state index is 0.345. The monoisotopic (exact) mass is 173 g/mol. The Hall–Kier alpha value is -0.0800. The first-order valence-electron chi connectivity index (χ1n) is 4.96. The summed E-state index contributed by atoms with van der Waals surface area (Å²) >= 11 is 0. The summed E-state index contributed by atoms with van der Waals surface area (Å²) in [6.07, 6.45) is 4.86. The van der Waals surface area contributed by atoms with Gasteiger partial charge in [0.1, 0.15) is 0 Å². The van der Waals surface area contributed by atoms with Crippen LogP contribution in [0.3, 0.4) is 0 Å². The summed E-state index contributed by atoms with van der Waals surface area (Å²) in [5.41, 5.74) is 5.83. The van der Waals surface area contributed by atoms with E-state index < -0.39 is 0 Å². The molecular formula is C10H23NO. The van der Waals surface area contributed by atoms with Crippen molar-refractivity contribution >= 4 is 0 Å². The number of hydrogen-bond donors (Lipinski definition) is 1. The van der Waals surface area contributed by atoms with Gasteiger partial charge in [-0.25, -0.2) is 0 Å². The smallest absolute Gasteiger partial charge is 0.0462 e. The van der Waals surface area contributed by atoms with E-state index in [1.165, 1.54) is 25.7 Å². The average molecular weight is 173 g/mol. The van der Waals surface area contributed by atoms with E-state index >= 15 is 0 Å². The molecule has 0 saturated carbocycles. The molecule has 0 radical (unpaired) electrons. The Labute approximate surface area is 76.5 Å². The summed E-state index contributed by atoms with van der Waals surface area (Å²) in [6.45, 7) is 5.20. The fourth-order valence-electron chi connectivity index (χ4n) is 1.49. The Bertz CT molecular complexity index is 93.8. The summed E-state index contributed by atoms with van der Waals surface area (Å²) in [6, 6.07) is 0.345. The van der Waals surface area contributed by atoms with E-state index in [9.17, 15) is 0 Å². The van der Waals surface area contributed by atoms with Crippen molar-refractivity contribution in [2.24, 2.45) is 11.7 Å². The highest BCUT2D eigenvalue weighted by Gasteiger charge is 2.09. The van der Waals surface area contributed by atoms with Crippen LogP contribution in [0, 0.1) is 5.92 Å². The topological polar surface area (TPSA) is 35.2 Å². The van der Waals surface area contributed by atoms with Gasteiger partial charge < -0.3 is 10.5 Å². The van der Waals surface area contributed by atoms with Gasteiger partial charge in [-0.15, -0.1) is 0 Å². The zero-order chi connectivity index (χ0) is 9.40. The number of hydrogen-bond acceptors (Lipinski definition) is 2. The molecule has 0 aromatic rings. The molecule has 0 heterocycles. The van der Waals surface area contributed by atoms with Crippen LogP contribution in [0.25, 0.3) is 0 Å². The van der Waals surface area contributed by atoms with Crippen molar-refractivity contribution in [1.82, 2.24) is 0 Å². The molecule has 0 aliphatic carbocycles. The van der Waals surface area contributed by atoms with Crippen molar-refractivity contribution in [3.8, 4) is 0 Å². The van der Waals surface area contributed by atoms with Crippen LogP contribution in [0.5, 0.6) is 0 Å². The van der Waals surface area contributed by atoms with Gasteiger partial charge in [0, 0.05) is 19.8 Å². The highest BCUT2D eigenvalue weighted by Crippen LogP contribution is 2.15. The van der Waals surface area contributed by atoms with Crippen LogP contribution in [-0.4, -0.2) is 19.8 Å². The van der Waals surface area contributed by atoms with Crippen LogP contribution in [-0.2, 0) is 4.74 Å². The molecule has 0 saturated heterocycles. The van der Waals surface area contributed by atoms with E-state index in [1.54, 1.807) is 7.11 Å². The van der Waals surface area contributed by atoms with Crippen LogP contribution < -0.4 is 5.73 Å². The molecule has 0 rings (SSSR count). The van der Waals surface area contributed by atoms with Crippen LogP contribution in [0.2, 0.25) is 0 Å². The maximum absolute atomic E-state index is 5.83. The third-order valence-corrected chi connectivity index (χ3v) is 2.44. The zero-order valence-electron chi connectivity index (χ0n) is 8.68. The molecule has 74 valence electrons. The van der Waals surface area contributed by atoms with E-state index in [4.69, 9.17) is 10.5 Å². The molecule has 0 fully saturated rings. The van der Waals surface area contributed by atoms with Crippen LogP contribution in [0.1, 0.15) is 39.5 Å². The lowest BCUT2D eigenvalue weighted by atomic mass is 9.93. The lowest BCUT2D eigenvalue weighted by molar-refractivity contribution is 0.189. The van der Waals surface area contributed by atoms with Crippen molar-refractivity contribution in [3.63, 3.8) is 0 Å². The molecule has 0 aliphatic heterocycles. The largest absolute Gasteiger partial charge is 0.385 e. The molecular weight excluding hydrogens is 150 g/mol. The van der Waals surface area contributed by atoms with E-state index in [1.807, 2.05) is 0 Å². The first kappa shape index (κ1) is 11.9. The van der Waals surface area contributed by atoms with Gasteiger partial charge in [-0.05, 0) is 25.7 Å². The van der Waals surface area contributed by atoms with E-state index in [0.717, 1.165) is 6.61 Å². The zero-order valence-corrected chi connectivity index (χ0v) is 8.68. The van der Waals surface area contributed by atoms with Crippen molar-refractivity contribution in [3.05, 3.63) is 0 Å². The molecule has 0 bridgehead atoms. The van der Waals surface area contributed by atoms with Crippen LogP contribution in [0.4, 0.5) is 0 Å². The lowest BCUT2D eigenvalue weighted by Crippen LogP contribution is -2.25. The van der Waals surface area contributed by atoms with Gasteiger partial charge >= 0.3 is 0 Å². The molecule has 2 heteroatoms. The highest BCUT2D eigenvalue weighted by atomic mass is 16.5. The molecule has 0 amide bonds. The van der Waals surface area contributed by atoms with Crippen LogP contribution in [0.15, 0.2) is 0 Å². The third-order valence-electron chi connectivity index (χ3n) is 2.44. The average Bonchev–Trinajstić information content (AvgIpc) is 2.04. The first-order valence-corrected chi connectivity index (χ1v) is 4.96. The minimum Gasteiger partial charge on any atom is -0.385 e. The Balaban J connectivity index is 3.32. The second-order valence-corrected chi connectivity index (χ2v) is 3.52. The highest BCUT2D eigenvalue weighted by molar-refractivity contribution is 4.66. The normalized spacial score (nSPS) is 16.0. The van der Waals surface area contributed by atoms with Crippen molar-refractivity contribution < 1.29 is 4.74 Å². The summed E-state index contributed by atoms with van der Waals surface area (Å²) in [5.74, 6) is 0.696. The van der Waals surface area contributed by atoms with Gasteiger partial charge in [0.15, 0.2) is 0 Å². The summed E-state index contributed by atoms with van der Waals surface area (Å²) in [5, 5.41) is 0. The molecule has 2 unspecified atom stereocenters. The fraction of sp³-hybridized carbons (Fsp3) is 1.00. The standard InChI is InChI=1S/C10H23NO/c1-4-10(9(2)11)7-5-6-8-12-3/h9-10H,4-8,11H2,1-3H3. The summed E-state index contributed by atoms with van der Waals surface area (Å²) in [7, 11) is 1.75. The maximum Gasteiger partial charge on any atom is 0.0462 e. The third kappa shape index (κ3) is 5.56. The predicted molar refractivity (Wildman–Crippen MR) is 53.2 cm³/mol. The molecule has 0 aromatic heterocycles. The van der Waals surface area contributed by atoms with Gasteiger partial charge in [0.05, 0.1) is 0 Å². The minimum atomic E-state index is 0.345. The molecule has 2 N–H and O–H groups in total. The second-order valence-electron chi connectivity index (χ2n) is 3.52. The number of ether oxygens (including phenoxy) is 1. The maximum atomic E-state index is 5.83. The summed E-state index contributed by atoms with van der Waals surface area (Å²) in [4.78, 5) is 0. The number of methoxy groups -OCH3 is 1.